The zero-order chi connectivity index (χ0) is 17.6. The third-order valence-electron chi connectivity index (χ3n) is 3.17. The van der Waals surface area contributed by atoms with Gasteiger partial charge in [-0.2, -0.15) is 0 Å². The number of hydrogen-bond donors (Lipinski definition) is 3. The minimum Gasteiger partial charge on any atom is -0.475 e. The quantitative estimate of drug-likeness (QED) is 0.675. The van der Waals surface area contributed by atoms with Crippen molar-refractivity contribution in [2.24, 2.45) is 11.8 Å². The van der Waals surface area contributed by atoms with E-state index in [1.165, 1.54) is 12.1 Å². The molecule has 23 heavy (non-hydrogen) atoms. The maximum atomic E-state index is 12.2. The van der Waals surface area contributed by atoms with Gasteiger partial charge in [-0.3, -0.25) is 9.59 Å². The molecule has 1 rings (SSSR count). The Morgan fingerprint density at radius 3 is 2.30 bits per heavy atom. The van der Waals surface area contributed by atoms with Crippen molar-refractivity contribution in [3.63, 3.8) is 0 Å². The van der Waals surface area contributed by atoms with Crippen molar-refractivity contribution in [1.82, 2.24) is 10.6 Å². The summed E-state index contributed by atoms with van der Waals surface area (Å²) < 4.78 is 5.07. The van der Waals surface area contributed by atoms with Gasteiger partial charge in [0.05, 0.1) is 6.54 Å². The smallest absolute Gasteiger partial charge is 0.371 e. The zero-order valence-corrected chi connectivity index (χ0v) is 13.9. The van der Waals surface area contributed by atoms with Crippen molar-refractivity contribution >= 4 is 17.8 Å². The largest absolute Gasteiger partial charge is 0.475 e. The first-order chi connectivity index (χ1) is 10.7. The standard InChI is InChI=1S/C16H24N2O5/c1-9(2)7-13(19)18-14(10(3)4)15(20)17-8-11-5-6-12(23-11)16(21)22/h5-6,9-10,14H,7-8H2,1-4H3,(H,17,20)(H,18,19)(H,21,22). The van der Waals surface area contributed by atoms with Crippen LogP contribution in [0.2, 0.25) is 0 Å². The molecule has 1 heterocycles. The molecule has 128 valence electrons. The number of amides is 2. The van der Waals surface area contributed by atoms with E-state index in [0.717, 1.165) is 0 Å². The van der Waals surface area contributed by atoms with E-state index in [-0.39, 0.29) is 36.0 Å². The number of furan rings is 1. The summed E-state index contributed by atoms with van der Waals surface area (Å²) in [5, 5.41) is 14.2. The lowest BCUT2D eigenvalue weighted by Crippen LogP contribution is -2.49. The molecule has 7 heteroatoms. The van der Waals surface area contributed by atoms with Gasteiger partial charge in [-0.25, -0.2) is 4.79 Å². The lowest BCUT2D eigenvalue weighted by atomic mass is 10.0. The van der Waals surface area contributed by atoms with E-state index < -0.39 is 12.0 Å². The topological polar surface area (TPSA) is 109 Å². The molecular formula is C16H24N2O5. The first-order valence-electron chi connectivity index (χ1n) is 7.59. The van der Waals surface area contributed by atoms with Gasteiger partial charge in [0.25, 0.3) is 0 Å². The van der Waals surface area contributed by atoms with E-state index in [9.17, 15) is 14.4 Å². The third-order valence-corrected chi connectivity index (χ3v) is 3.17. The Kier molecular flexibility index (Phi) is 6.81. The van der Waals surface area contributed by atoms with Gasteiger partial charge >= 0.3 is 5.97 Å². The van der Waals surface area contributed by atoms with Crippen molar-refractivity contribution < 1.29 is 23.9 Å². The molecule has 0 fully saturated rings. The van der Waals surface area contributed by atoms with Gasteiger partial charge in [0.1, 0.15) is 11.8 Å². The second-order valence-corrected chi connectivity index (χ2v) is 6.18. The van der Waals surface area contributed by atoms with Crippen LogP contribution in [0.5, 0.6) is 0 Å². The van der Waals surface area contributed by atoms with E-state index >= 15 is 0 Å². The lowest BCUT2D eigenvalue weighted by Gasteiger charge is -2.22. The Bertz CT molecular complexity index is 563. The molecule has 7 nitrogen and oxygen atoms in total. The lowest BCUT2D eigenvalue weighted by molar-refractivity contribution is -0.130. The maximum absolute atomic E-state index is 12.2. The van der Waals surface area contributed by atoms with Crippen molar-refractivity contribution in [1.29, 1.82) is 0 Å². The molecule has 2 amide bonds. The molecular weight excluding hydrogens is 300 g/mol. The summed E-state index contributed by atoms with van der Waals surface area (Å²) in [6.45, 7) is 7.61. The van der Waals surface area contributed by atoms with Gasteiger partial charge in [0.15, 0.2) is 0 Å². The Balaban J connectivity index is 2.60. The van der Waals surface area contributed by atoms with Crippen LogP contribution in [-0.4, -0.2) is 28.9 Å². The fourth-order valence-electron chi connectivity index (χ4n) is 2.01. The van der Waals surface area contributed by atoms with E-state index in [1.54, 1.807) is 0 Å². The highest BCUT2D eigenvalue weighted by molar-refractivity contribution is 5.88. The monoisotopic (exact) mass is 324 g/mol. The van der Waals surface area contributed by atoms with E-state index in [0.29, 0.717) is 12.2 Å². The third kappa shape index (κ3) is 6.14. The van der Waals surface area contributed by atoms with Gasteiger partial charge in [-0.15, -0.1) is 0 Å². The number of carbonyl (C=O) groups is 3. The van der Waals surface area contributed by atoms with Gasteiger partial charge in [-0.1, -0.05) is 27.7 Å². The Labute approximate surface area is 135 Å². The first-order valence-corrected chi connectivity index (χ1v) is 7.59. The predicted octanol–water partition coefficient (Wildman–Crippen LogP) is 1.78. The summed E-state index contributed by atoms with van der Waals surface area (Å²) in [4.78, 5) is 34.8. The highest BCUT2D eigenvalue weighted by Gasteiger charge is 2.24. The zero-order valence-electron chi connectivity index (χ0n) is 13.9. The summed E-state index contributed by atoms with van der Waals surface area (Å²) in [5.41, 5.74) is 0. The SMILES string of the molecule is CC(C)CC(=O)NC(C(=O)NCc1ccc(C(=O)O)o1)C(C)C. The van der Waals surface area contributed by atoms with Crippen LogP contribution in [-0.2, 0) is 16.1 Å². The normalized spacial score (nSPS) is 12.3. The summed E-state index contributed by atoms with van der Waals surface area (Å²) in [5.74, 6) is -1.36. The minimum absolute atomic E-state index is 0.0649. The van der Waals surface area contributed by atoms with Gasteiger partial charge in [0.2, 0.25) is 17.6 Å². The van der Waals surface area contributed by atoms with Crippen LogP contribution in [0, 0.1) is 11.8 Å². The average Bonchev–Trinajstić information content (AvgIpc) is 2.90. The van der Waals surface area contributed by atoms with Crippen molar-refractivity contribution in [2.75, 3.05) is 0 Å². The van der Waals surface area contributed by atoms with Crippen LogP contribution in [0.25, 0.3) is 0 Å². The van der Waals surface area contributed by atoms with Crippen molar-refractivity contribution in [3.8, 4) is 0 Å². The molecule has 0 aliphatic heterocycles. The fourth-order valence-corrected chi connectivity index (χ4v) is 2.01. The molecule has 0 radical (unpaired) electrons. The molecule has 0 bridgehead atoms. The Hall–Kier alpha value is -2.31. The van der Waals surface area contributed by atoms with Crippen molar-refractivity contribution in [3.05, 3.63) is 23.7 Å². The molecule has 0 aliphatic carbocycles. The van der Waals surface area contributed by atoms with E-state index in [4.69, 9.17) is 9.52 Å². The van der Waals surface area contributed by atoms with E-state index in [2.05, 4.69) is 10.6 Å². The number of aromatic carboxylic acids is 1. The summed E-state index contributed by atoms with van der Waals surface area (Å²) >= 11 is 0. The maximum Gasteiger partial charge on any atom is 0.371 e. The van der Waals surface area contributed by atoms with Crippen molar-refractivity contribution in [2.45, 2.75) is 46.7 Å². The molecule has 0 aliphatic rings. The summed E-state index contributed by atoms with van der Waals surface area (Å²) in [7, 11) is 0. The summed E-state index contributed by atoms with van der Waals surface area (Å²) in [6.07, 6.45) is 0.358. The van der Waals surface area contributed by atoms with Gasteiger partial charge in [-0.05, 0) is 24.0 Å². The van der Waals surface area contributed by atoms with Crippen LogP contribution >= 0.6 is 0 Å². The molecule has 0 spiro atoms. The molecule has 1 atom stereocenters. The number of hydrogen-bond acceptors (Lipinski definition) is 4. The van der Waals surface area contributed by atoms with Crippen LogP contribution < -0.4 is 10.6 Å². The van der Waals surface area contributed by atoms with Crippen LogP contribution in [0.4, 0.5) is 0 Å². The highest BCUT2D eigenvalue weighted by Crippen LogP contribution is 2.09. The average molecular weight is 324 g/mol. The fraction of sp³-hybridized carbons (Fsp3) is 0.562. The number of carboxylic acid groups (broad SMARTS) is 1. The van der Waals surface area contributed by atoms with Crippen LogP contribution in [0.1, 0.15) is 50.4 Å². The molecule has 1 aromatic rings. The minimum atomic E-state index is -1.16. The molecule has 3 N–H and O–H groups in total. The van der Waals surface area contributed by atoms with Gasteiger partial charge in [0, 0.05) is 6.42 Å². The molecule has 1 unspecified atom stereocenters. The number of rotatable bonds is 8. The molecule has 0 aromatic carbocycles. The summed E-state index contributed by atoms with van der Waals surface area (Å²) in [6, 6.07) is 2.18. The number of carboxylic acids is 1. The second kappa shape index (κ2) is 8.36. The second-order valence-electron chi connectivity index (χ2n) is 6.18. The molecule has 0 saturated carbocycles. The predicted molar refractivity (Wildman–Crippen MR) is 83.7 cm³/mol. The highest BCUT2D eigenvalue weighted by atomic mass is 16.4. The number of carbonyl (C=O) groups excluding carboxylic acids is 2. The molecule has 0 saturated heterocycles. The Morgan fingerprint density at radius 1 is 1.17 bits per heavy atom. The Morgan fingerprint density at radius 2 is 1.83 bits per heavy atom. The number of nitrogens with one attached hydrogen (secondary N) is 2. The van der Waals surface area contributed by atoms with Crippen LogP contribution in [0.15, 0.2) is 16.5 Å². The van der Waals surface area contributed by atoms with Gasteiger partial charge < -0.3 is 20.2 Å². The van der Waals surface area contributed by atoms with Crippen LogP contribution in [0.3, 0.4) is 0 Å². The molecule has 1 aromatic heterocycles. The van der Waals surface area contributed by atoms with E-state index in [1.807, 2.05) is 27.7 Å². The first kappa shape index (κ1) is 18.7.